The average molecular weight is 413 g/mol. The van der Waals surface area contributed by atoms with Crippen LogP contribution in [0.2, 0.25) is 0 Å². The first-order chi connectivity index (χ1) is 15.7. The maximum absolute atomic E-state index is 13.2. The molecule has 0 fully saturated rings. The van der Waals surface area contributed by atoms with Crippen LogP contribution in [-0.2, 0) is 0 Å². The van der Waals surface area contributed by atoms with E-state index in [9.17, 15) is 9.59 Å². The van der Waals surface area contributed by atoms with Crippen molar-refractivity contribution in [1.29, 1.82) is 0 Å². The molecule has 0 N–H and O–H groups in total. The summed E-state index contributed by atoms with van der Waals surface area (Å²) in [5.74, 6) is -0.565. The zero-order valence-electron chi connectivity index (χ0n) is 17.3. The lowest BCUT2D eigenvalue weighted by atomic mass is 9.93. The number of hydrogen-bond acceptors (Lipinski definition) is 2. The molecule has 0 saturated heterocycles. The summed E-state index contributed by atoms with van der Waals surface area (Å²) in [4.78, 5) is 27.7. The van der Waals surface area contributed by atoms with E-state index in [1.807, 2.05) is 48.5 Å². The van der Waals surface area contributed by atoms with Crippen LogP contribution < -0.4 is 4.90 Å². The smallest absolute Gasteiger partial charge is 0.265 e. The molecule has 1 aliphatic carbocycles. The molecule has 1 heterocycles. The molecule has 0 aromatic heterocycles. The van der Waals surface area contributed by atoms with Gasteiger partial charge in [-0.25, -0.2) is 4.90 Å². The van der Waals surface area contributed by atoms with Gasteiger partial charge in [0.2, 0.25) is 0 Å². The monoisotopic (exact) mass is 413 g/mol. The molecule has 0 bridgehead atoms. The minimum absolute atomic E-state index is 0.283. The molecule has 0 atom stereocenters. The Bertz CT molecular complexity index is 1410. The van der Waals surface area contributed by atoms with Gasteiger partial charge in [-0.1, -0.05) is 78.9 Å². The van der Waals surface area contributed by atoms with Gasteiger partial charge in [0.05, 0.1) is 5.69 Å². The van der Waals surface area contributed by atoms with Crippen LogP contribution in [0.1, 0.15) is 32.7 Å². The van der Waals surface area contributed by atoms with Crippen molar-refractivity contribution in [3.8, 4) is 11.1 Å². The Balaban J connectivity index is 1.33. The van der Waals surface area contributed by atoms with E-state index < -0.39 is 0 Å². The van der Waals surface area contributed by atoms with E-state index in [0.29, 0.717) is 16.8 Å². The zero-order chi connectivity index (χ0) is 21.7. The first-order valence-electron chi connectivity index (χ1n) is 10.7. The first kappa shape index (κ1) is 18.5. The van der Waals surface area contributed by atoms with Gasteiger partial charge in [0.1, 0.15) is 0 Å². The predicted octanol–water partition coefficient (Wildman–Crippen LogP) is 6.65. The van der Waals surface area contributed by atoms with Crippen LogP contribution in [0, 0.1) is 0 Å². The van der Waals surface area contributed by atoms with Gasteiger partial charge in [0.25, 0.3) is 11.8 Å². The van der Waals surface area contributed by atoms with Gasteiger partial charge >= 0.3 is 0 Å². The molecule has 0 radical (unpaired) electrons. The Morgan fingerprint density at radius 3 is 1.75 bits per heavy atom. The Hall–Kier alpha value is -4.24. The first-order valence-corrected chi connectivity index (χ1v) is 10.7. The number of allylic oxidation sites excluding steroid dienone is 4. The summed E-state index contributed by atoms with van der Waals surface area (Å²) >= 11 is 0. The van der Waals surface area contributed by atoms with E-state index in [0.717, 1.165) is 28.3 Å². The summed E-state index contributed by atoms with van der Waals surface area (Å²) in [6.45, 7) is 0. The normalized spacial score (nSPS) is 14.9. The number of imide groups is 1. The lowest BCUT2D eigenvalue weighted by Gasteiger charge is -2.27. The maximum atomic E-state index is 13.2. The molecule has 2 amide bonds. The van der Waals surface area contributed by atoms with Gasteiger partial charge in [-0.2, -0.15) is 0 Å². The zero-order valence-corrected chi connectivity index (χ0v) is 17.3. The molecule has 0 unspecified atom stereocenters. The topological polar surface area (TPSA) is 37.4 Å². The van der Waals surface area contributed by atoms with Gasteiger partial charge in [-0.3, -0.25) is 9.59 Å². The summed E-state index contributed by atoms with van der Waals surface area (Å²) in [7, 11) is 0. The molecule has 32 heavy (non-hydrogen) atoms. The van der Waals surface area contributed by atoms with Crippen LogP contribution in [0.15, 0.2) is 103 Å². The summed E-state index contributed by atoms with van der Waals surface area (Å²) < 4.78 is 0. The van der Waals surface area contributed by atoms with Crippen LogP contribution in [0.4, 0.5) is 5.69 Å². The predicted molar refractivity (Wildman–Crippen MR) is 129 cm³/mol. The standard InChI is InChI=1S/C29H19NO2/c31-28-25-9-3-7-23-8-4-10-26(27(23)25)29(32)30(28)24-17-15-22(16-18-24)21-13-11-20(12-14-21)19-5-1-2-6-19/h1-5,7-18H,6H2. The van der Waals surface area contributed by atoms with Crippen molar-refractivity contribution < 1.29 is 9.59 Å². The molecule has 4 aromatic rings. The van der Waals surface area contributed by atoms with Crippen molar-refractivity contribution in [2.45, 2.75) is 6.42 Å². The molecule has 6 rings (SSSR count). The lowest BCUT2D eigenvalue weighted by Crippen LogP contribution is -2.40. The summed E-state index contributed by atoms with van der Waals surface area (Å²) in [6.07, 6.45) is 7.37. The summed E-state index contributed by atoms with van der Waals surface area (Å²) in [5, 5.41) is 1.65. The highest BCUT2D eigenvalue weighted by atomic mass is 16.2. The van der Waals surface area contributed by atoms with Gasteiger partial charge < -0.3 is 0 Å². The Labute approximate surface area is 185 Å². The Morgan fingerprint density at radius 2 is 1.19 bits per heavy atom. The number of nitrogens with zero attached hydrogens (tertiary/aromatic N) is 1. The molecule has 0 spiro atoms. The SMILES string of the molecule is O=C1c2cccc3cccc(c23)C(=O)N1c1ccc(-c2ccc(C3=CC=CC3)cc2)cc1. The fraction of sp³-hybridized carbons (Fsp3) is 0.0345. The number of amides is 2. The average Bonchev–Trinajstić information content (AvgIpc) is 3.38. The summed E-state index contributed by atoms with van der Waals surface area (Å²) in [5.41, 5.74) is 6.39. The van der Waals surface area contributed by atoms with Crippen molar-refractivity contribution in [3.05, 3.63) is 120 Å². The fourth-order valence-electron chi connectivity index (χ4n) is 4.61. The van der Waals surface area contributed by atoms with Crippen molar-refractivity contribution >= 4 is 33.8 Å². The maximum Gasteiger partial charge on any atom is 0.265 e. The highest BCUT2D eigenvalue weighted by molar-refractivity contribution is 6.35. The van der Waals surface area contributed by atoms with E-state index in [1.165, 1.54) is 16.0 Å². The van der Waals surface area contributed by atoms with E-state index in [4.69, 9.17) is 0 Å². The van der Waals surface area contributed by atoms with E-state index in [-0.39, 0.29) is 11.8 Å². The van der Waals surface area contributed by atoms with Crippen molar-refractivity contribution in [1.82, 2.24) is 0 Å². The minimum atomic E-state index is -0.283. The molecule has 4 aromatic carbocycles. The number of rotatable bonds is 3. The highest BCUT2D eigenvalue weighted by Crippen LogP contribution is 2.34. The van der Waals surface area contributed by atoms with E-state index in [1.54, 1.807) is 12.1 Å². The minimum Gasteiger partial charge on any atom is -0.268 e. The van der Waals surface area contributed by atoms with Gasteiger partial charge in [-0.05, 0) is 58.3 Å². The molecule has 152 valence electrons. The lowest BCUT2D eigenvalue weighted by molar-refractivity contribution is 0.0893. The van der Waals surface area contributed by atoms with Crippen LogP contribution in [0.5, 0.6) is 0 Å². The number of hydrogen-bond donors (Lipinski definition) is 0. The third kappa shape index (κ3) is 2.83. The van der Waals surface area contributed by atoms with Crippen LogP contribution in [0.25, 0.3) is 27.5 Å². The molecular weight excluding hydrogens is 394 g/mol. The number of carbonyl (C=O) groups is 2. The second-order valence-corrected chi connectivity index (χ2v) is 8.10. The molecular formula is C29H19NO2. The van der Waals surface area contributed by atoms with Crippen LogP contribution in [0.3, 0.4) is 0 Å². The van der Waals surface area contributed by atoms with Crippen molar-refractivity contribution in [2.75, 3.05) is 4.90 Å². The fourth-order valence-corrected chi connectivity index (χ4v) is 4.61. The molecule has 3 heteroatoms. The van der Waals surface area contributed by atoms with E-state index >= 15 is 0 Å². The summed E-state index contributed by atoms with van der Waals surface area (Å²) in [6, 6.07) is 27.3. The van der Waals surface area contributed by atoms with Gasteiger partial charge in [0, 0.05) is 16.5 Å². The Morgan fingerprint density at radius 1 is 0.625 bits per heavy atom. The molecule has 3 nitrogen and oxygen atoms in total. The van der Waals surface area contributed by atoms with Crippen molar-refractivity contribution in [3.63, 3.8) is 0 Å². The second kappa shape index (κ2) is 7.17. The Kier molecular flexibility index (Phi) is 4.15. The quantitative estimate of drug-likeness (QED) is 0.353. The second-order valence-electron chi connectivity index (χ2n) is 8.10. The largest absolute Gasteiger partial charge is 0.268 e. The van der Waals surface area contributed by atoms with E-state index in [2.05, 4.69) is 42.5 Å². The highest BCUT2D eigenvalue weighted by Gasteiger charge is 2.33. The van der Waals surface area contributed by atoms with Gasteiger partial charge in [-0.15, -0.1) is 0 Å². The third-order valence-electron chi connectivity index (χ3n) is 6.26. The molecule has 2 aliphatic rings. The molecule has 1 aliphatic heterocycles. The van der Waals surface area contributed by atoms with Crippen LogP contribution in [-0.4, -0.2) is 11.8 Å². The number of anilines is 1. The molecule has 0 saturated carbocycles. The number of benzene rings is 4. The third-order valence-corrected chi connectivity index (χ3v) is 6.26. The van der Waals surface area contributed by atoms with Gasteiger partial charge in [0.15, 0.2) is 0 Å². The number of carbonyl (C=O) groups excluding carboxylic acids is 2. The van der Waals surface area contributed by atoms with Crippen LogP contribution >= 0.6 is 0 Å². The van der Waals surface area contributed by atoms with Crippen molar-refractivity contribution in [2.24, 2.45) is 0 Å².